The molecule has 1 aromatic heterocycles. The first-order valence-electron chi connectivity index (χ1n) is 5.66. The average molecular weight is 285 g/mol. The van der Waals surface area contributed by atoms with Gasteiger partial charge in [-0.1, -0.05) is 17.7 Å². The minimum Gasteiger partial charge on any atom is -0.304 e. The zero-order valence-corrected chi connectivity index (χ0v) is 11.8. The maximum Gasteiger partial charge on any atom is 0.129 e. The van der Waals surface area contributed by atoms with E-state index in [1.807, 2.05) is 19.2 Å². The lowest BCUT2D eigenvalue weighted by Gasteiger charge is -2.12. The molecule has 0 aliphatic carbocycles. The smallest absolute Gasteiger partial charge is 0.129 e. The van der Waals surface area contributed by atoms with Gasteiger partial charge in [-0.3, -0.25) is 0 Å². The highest BCUT2D eigenvalue weighted by Crippen LogP contribution is 2.21. The SMILES string of the molecule is Cc1csc(C(C)NCc2c(F)cccc2Cl)n1. The Morgan fingerprint density at radius 2 is 2.28 bits per heavy atom. The summed E-state index contributed by atoms with van der Waals surface area (Å²) in [6, 6.07) is 4.80. The molecule has 0 aliphatic heterocycles. The second kappa shape index (κ2) is 5.78. The number of nitrogens with zero attached hydrogens (tertiary/aromatic N) is 1. The Kier molecular flexibility index (Phi) is 4.32. The molecule has 0 bridgehead atoms. The van der Waals surface area contributed by atoms with Gasteiger partial charge in [0.15, 0.2) is 0 Å². The van der Waals surface area contributed by atoms with Crippen molar-refractivity contribution in [1.82, 2.24) is 10.3 Å². The van der Waals surface area contributed by atoms with Gasteiger partial charge in [0.2, 0.25) is 0 Å². The van der Waals surface area contributed by atoms with Crippen molar-refractivity contribution in [2.45, 2.75) is 26.4 Å². The van der Waals surface area contributed by atoms with E-state index >= 15 is 0 Å². The standard InChI is InChI=1S/C13H14ClFN2S/c1-8-7-18-13(17-8)9(2)16-6-10-11(14)4-3-5-12(10)15/h3-5,7,9,16H,6H2,1-2H3. The van der Waals surface area contributed by atoms with Gasteiger partial charge in [-0.25, -0.2) is 9.37 Å². The topological polar surface area (TPSA) is 24.9 Å². The average Bonchev–Trinajstić information content (AvgIpc) is 2.75. The van der Waals surface area contributed by atoms with Gasteiger partial charge in [-0.15, -0.1) is 11.3 Å². The molecular weight excluding hydrogens is 271 g/mol. The van der Waals surface area contributed by atoms with Crippen molar-refractivity contribution in [2.24, 2.45) is 0 Å². The van der Waals surface area contributed by atoms with Crippen molar-refractivity contribution in [3.05, 3.63) is 50.7 Å². The van der Waals surface area contributed by atoms with E-state index < -0.39 is 0 Å². The summed E-state index contributed by atoms with van der Waals surface area (Å²) in [7, 11) is 0. The summed E-state index contributed by atoms with van der Waals surface area (Å²) in [5.41, 5.74) is 1.51. The monoisotopic (exact) mass is 284 g/mol. The number of benzene rings is 1. The molecule has 0 aliphatic rings. The number of thiazole rings is 1. The molecule has 96 valence electrons. The maximum atomic E-state index is 13.6. The van der Waals surface area contributed by atoms with Gasteiger partial charge in [-0.05, 0) is 26.0 Å². The van der Waals surface area contributed by atoms with Crippen LogP contribution in [0.2, 0.25) is 5.02 Å². The van der Waals surface area contributed by atoms with Gasteiger partial charge >= 0.3 is 0 Å². The lowest BCUT2D eigenvalue weighted by atomic mass is 10.2. The van der Waals surface area contributed by atoms with Crippen LogP contribution in [-0.4, -0.2) is 4.98 Å². The molecule has 2 nitrogen and oxygen atoms in total. The normalized spacial score (nSPS) is 12.7. The van der Waals surface area contributed by atoms with Crippen molar-refractivity contribution >= 4 is 22.9 Å². The van der Waals surface area contributed by atoms with Gasteiger partial charge in [0.1, 0.15) is 10.8 Å². The van der Waals surface area contributed by atoms with Gasteiger partial charge in [0.25, 0.3) is 0 Å². The summed E-state index contributed by atoms with van der Waals surface area (Å²) in [6.45, 7) is 4.36. The third-order valence-electron chi connectivity index (χ3n) is 2.65. The van der Waals surface area contributed by atoms with E-state index in [0.717, 1.165) is 10.7 Å². The fraction of sp³-hybridized carbons (Fsp3) is 0.308. The first kappa shape index (κ1) is 13.5. The Hall–Kier alpha value is -0.970. The largest absolute Gasteiger partial charge is 0.304 e. The number of rotatable bonds is 4. The molecule has 1 N–H and O–H groups in total. The van der Waals surface area contributed by atoms with Crippen molar-refractivity contribution in [3.8, 4) is 0 Å². The second-order valence-corrected chi connectivity index (χ2v) is 5.43. The minimum absolute atomic E-state index is 0.0828. The number of hydrogen-bond donors (Lipinski definition) is 1. The molecule has 2 aromatic rings. The van der Waals surface area contributed by atoms with Crippen molar-refractivity contribution in [1.29, 1.82) is 0 Å². The van der Waals surface area contributed by atoms with Crippen molar-refractivity contribution in [2.75, 3.05) is 0 Å². The molecule has 0 fully saturated rings. The maximum absolute atomic E-state index is 13.6. The predicted molar refractivity (Wildman–Crippen MR) is 73.5 cm³/mol. The van der Waals surface area contributed by atoms with Gasteiger partial charge in [0, 0.05) is 28.2 Å². The molecular formula is C13H14ClFN2S. The summed E-state index contributed by atoms with van der Waals surface area (Å²) < 4.78 is 13.6. The Bertz CT molecular complexity index is 521. The van der Waals surface area contributed by atoms with Gasteiger partial charge in [-0.2, -0.15) is 0 Å². The highest BCUT2D eigenvalue weighted by molar-refractivity contribution is 7.09. The molecule has 18 heavy (non-hydrogen) atoms. The first-order chi connectivity index (χ1) is 8.58. The van der Waals surface area contributed by atoms with E-state index in [9.17, 15) is 4.39 Å². The molecule has 0 saturated carbocycles. The summed E-state index contributed by atoms with van der Waals surface area (Å²) >= 11 is 7.57. The molecule has 1 unspecified atom stereocenters. The summed E-state index contributed by atoms with van der Waals surface area (Å²) in [6.07, 6.45) is 0. The van der Waals surface area contributed by atoms with E-state index in [0.29, 0.717) is 17.1 Å². The molecule has 1 atom stereocenters. The molecule has 1 aromatic carbocycles. The van der Waals surface area contributed by atoms with Gasteiger partial charge < -0.3 is 5.32 Å². The van der Waals surface area contributed by atoms with Crippen LogP contribution in [0.4, 0.5) is 4.39 Å². The number of aryl methyl sites for hydroxylation is 1. The molecule has 0 amide bonds. The zero-order valence-electron chi connectivity index (χ0n) is 10.2. The predicted octanol–water partition coefficient (Wildman–Crippen LogP) is 4.09. The highest BCUT2D eigenvalue weighted by atomic mass is 35.5. The Morgan fingerprint density at radius 1 is 1.50 bits per heavy atom. The van der Waals surface area contributed by atoms with E-state index in [1.165, 1.54) is 6.07 Å². The number of nitrogens with one attached hydrogen (secondary N) is 1. The minimum atomic E-state index is -0.280. The van der Waals surface area contributed by atoms with Crippen molar-refractivity contribution < 1.29 is 4.39 Å². The summed E-state index contributed by atoms with van der Waals surface area (Å²) in [5, 5.41) is 6.69. The fourth-order valence-electron chi connectivity index (χ4n) is 1.61. The van der Waals surface area contributed by atoms with E-state index in [2.05, 4.69) is 10.3 Å². The van der Waals surface area contributed by atoms with Crippen LogP contribution in [0.1, 0.15) is 29.2 Å². The summed E-state index contributed by atoms with van der Waals surface area (Å²) in [5.74, 6) is -0.280. The van der Waals surface area contributed by atoms with Crippen LogP contribution in [-0.2, 0) is 6.54 Å². The van der Waals surface area contributed by atoms with E-state index in [1.54, 1.807) is 23.5 Å². The molecule has 2 rings (SSSR count). The van der Waals surface area contributed by atoms with Crippen LogP contribution >= 0.6 is 22.9 Å². The van der Waals surface area contributed by atoms with Crippen LogP contribution in [0.5, 0.6) is 0 Å². The van der Waals surface area contributed by atoms with Crippen LogP contribution in [0.15, 0.2) is 23.6 Å². The van der Waals surface area contributed by atoms with Crippen molar-refractivity contribution in [3.63, 3.8) is 0 Å². The second-order valence-electron chi connectivity index (χ2n) is 4.13. The van der Waals surface area contributed by atoms with Crippen LogP contribution < -0.4 is 5.32 Å². The Labute approximate surface area is 115 Å². The highest BCUT2D eigenvalue weighted by Gasteiger charge is 2.11. The zero-order chi connectivity index (χ0) is 13.1. The summed E-state index contributed by atoms with van der Waals surface area (Å²) in [4.78, 5) is 4.40. The Balaban J connectivity index is 2.03. The molecule has 1 heterocycles. The molecule has 0 spiro atoms. The number of halogens is 2. The molecule has 5 heteroatoms. The third kappa shape index (κ3) is 3.07. The molecule has 0 radical (unpaired) electrons. The van der Waals surface area contributed by atoms with Crippen LogP contribution in [0, 0.1) is 12.7 Å². The van der Waals surface area contributed by atoms with Crippen LogP contribution in [0.3, 0.4) is 0 Å². The number of aromatic nitrogens is 1. The van der Waals surface area contributed by atoms with E-state index in [-0.39, 0.29) is 11.9 Å². The molecule has 0 saturated heterocycles. The van der Waals surface area contributed by atoms with E-state index in [4.69, 9.17) is 11.6 Å². The lowest BCUT2D eigenvalue weighted by Crippen LogP contribution is -2.19. The first-order valence-corrected chi connectivity index (χ1v) is 6.92. The van der Waals surface area contributed by atoms with Gasteiger partial charge in [0.05, 0.1) is 6.04 Å². The fourth-order valence-corrected chi connectivity index (χ4v) is 2.67. The quantitative estimate of drug-likeness (QED) is 0.914. The van der Waals surface area contributed by atoms with Crippen LogP contribution in [0.25, 0.3) is 0 Å². The number of hydrogen-bond acceptors (Lipinski definition) is 3. The Morgan fingerprint density at radius 3 is 2.89 bits per heavy atom. The third-order valence-corrected chi connectivity index (χ3v) is 4.15. The lowest BCUT2D eigenvalue weighted by molar-refractivity contribution is 0.542.